The molecule has 0 saturated carbocycles. The van der Waals surface area contributed by atoms with E-state index in [9.17, 15) is 0 Å². The van der Waals surface area contributed by atoms with Crippen LogP contribution in [0.4, 0.5) is 0 Å². The first-order valence-electron chi connectivity index (χ1n) is 28.0. The van der Waals surface area contributed by atoms with Crippen molar-refractivity contribution < 1.29 is 0 Å². The summed E-state index contributed by atoms with van der Waals surface area (Å²) in [5.74, 6) is 0.610. The number of fused-ring (bicyclic) bond motifs is 12. The Morgan fingerprint density at radius 3 is 1.02 bits per heavy atom. The van der Waals surface area contributed by atoms with Crippen LogP contribution < -0.4 is 0 Å². The Morgan fingerprint density at radius 1 is 0.183 bits per heavy atom. The fourth-order valence-corrected chi connectivity index (χ4v) is 13.1. The second-order valence-corrected chi connectivity index (χ2v) is 21.4. The molecule has 12 aromatic carbocycles. The molecule has 0 aliphatic carbocycles. The van der Waals surface area contributed by atoms with Gasteiger partial charge in [-0.05, 0) is 131 Å². The standard InChI is InChI=1S/C76H48N6/c1-4-19-49(20-5-1)66-48-67(78-76(77-66)82-71-34-17-10-27-58(71)62-39-35-53(47-75(62)82)52-38-41-73-64(46-52)60-29-12-15-32-69(60)80(73)56-24-8-3-9-25-56)54-21-18-26-57(43-54)81-70-33-16-13-30-61(70)65-45-51(37-42-74(65)81)50-36-40-72-63(44-50)59-28-11-14-31-68(59)79(72)55-22-6-2-7-23-55/h1-48H. The molecule has 0 fully saturated rings. The van der Waals surface area contributed by atoms with E-state index >= 15 is 0 Å². The van der Waals surface area contributed by atoms with Gasteiger partial charge in [-0.1, -0.05) is 182 Å². The summed E-state index contributed by atoms with van der Waals surface area (Å²) in [5.41, 5.74) is 20.8. The van der Waals surface area contributed by atoms with Gasteiger partial charge in [0.25, 0.3) is 0 Å². The summed E-state index contributed by atoms with van der Waals surface area (Å²) >= 11 is 0. The first-order chi connectivity index (χ1) is 40.7. The lowest BCUT2D eigenvalue weighted by atomic mass is 10.0. The monoisotopic (exact) mass is 1040 g/mol. The van der Waals surface area contributed by atoms with Crippen molar-refractivity contribution in [2.75, 3.05) is 0 Å². The number of nitrogens with zero attached hydrogens (tertiary/aromatic N) is 6. The third kappa shape index (κ3) is 7.15. The maximum absolute atomic E-state index is 5.57. The second kappa shape index (κ2) is 18.2. The minimum absolute atomic E-state index is 0.610. The van der Waals surface area contributed by atoms with Crippen molar-refractivity contribution >= 4 is 87.2 Å². The molecule has 0 aliphatic heterocycles. The van der Waals surface area contributed by atoms with Crippen molar-refractivity contribution in [3.05, 3.63) is 291 Å². The van der Waals surface area contributed by atoms with Gasteiger partial charge in [-0.25, -0.2) is 9.97 Å². The van der Waals surface area contributed by atoms with Gasteiger partial charge in [0.2, 0.25) is 5.95 Å². The van der Waals surface area contributed by atoms with Crippen molar-refractivity contribution in [2.24, 2.45) is 0 Å². The summed E-state index contributed by atoms with van der Waals surface area (Å²) in [4.78, 5) is 11.0. The molecule has 0 amide bonds. The largest absolute Gasteiger partial charge is 0.309 e. The van der Waals surface area contributed by atoms with Crippen LogP contribution in [0.15, 0.2) is 291 Å². The van der Waals surface area contributed by atoms with E-state index in [0.717, 1.165) is 83.5 Å². The molecule has 0 atom stereocenters. The number of aromatic nitrogens is 6. The highest BCUT2D eigenvalue weighted by atomic mass is 15.2. The molecule has 6 heteroatoms. The lowest BCUT2D eigenvalue weighted by Crippen LogP contribution is -2.04. The van der Waals surface area contributed by atoms with E-state index in [-0.39, 0.29) is 0 Å². The van der Waals surface area contributed by atoms with Gasteiger partial charge < -0.3 is 13.7 Å². The van der Waals surface area contributed by atoms with Crippen LogP contribution in [0.3, 0.4) is 0 Å². The van der Waals surface area contributed by atoms with Crippen LogP contribution in [0.5, 0.6) is 0 Å². The van der Waals surface area contributed by atoms with Gasteiger partial charge in [0, 0.05) is 71.3 Å². The molecular formula is C76H48N6. The Morgan fingerprint density at radius 2 is 0.524 bits per heavy atom. The number of hydrogen-bond donors (Lipinski definition) is 0. The molecule has 0 spiro atoms. The van der Waals surface area contributed by atoms with Crippen LogP contribution in [0, 0.1) is 0 Å². The van der Waals surface area contributed by atoms with Crippen molar-refractivity contribution in [2.45, 2.75) is 0 Å². The minimum atomic E-state index is 0.610. The summed E-state index contributed by atoms with van der Waals surface area (Å²) in [6.07, 6.45) is 0. The van der Waals surface area contributed by atoms with Gasteiger partial charge in [0.05, 0.1) is 55.5 Å². The molecule has 0 radical (unpaired) electrons. The average Bonchev–Trinajstić information content (AvgIpc) is 3.62. The van der Waals surface area contributed by atoms with Crippen LogP contribution >= 0.6 is 0 Å². The number of benzene rings is 12. The van der Waals surface area contributed by atoms with Crippen molar-refractivity contribution in [1.82, 2.24) is 28.2 Å². The molecule has 0 N–H and O–H groups in total. The van der Waals surface area contributed by atoms with E-state index in [1.54, 1.807) is 0 Å². The van der Waals surface area contributed by atoms with Crippen molar-refractivity contribution in [3.63, 3.8) is 0 Å². The van der Waals surface area contributed by atoms with E-state index in [2.05, 4.69) is 309 Å². The predicted molar refractivity (Wildman–Crippen MR) is 341 cm³/mol. The first-order valence-corrected chi connectivity index (χ1v) is 28.0. The molecule has 5 aromatic heterocycles. The van der Waals surface area contributed by atoms with E-state index in [0.29, 0.717) is 5.95 Å². The Bertz CT molecular complexity index is 5390. The lowest BCUT2D eigenvalue weighted by molar-refractivity contribution is 0.995. The zero-order valence-corrected chi connectivity index (χ0v) is 44.4. The minimum Gasteiger partial charge on any atom is -0.309 e. The molecule has 382 valence electrons. The molecular weight excluding hydrogens is 997 g/mol. The van der Waals surface area contributed by atoms with Gasteiger partial charge in [-0.2, -0.15) is 0 Å². The Kier molecular flexibility index (Phi) is 10.2. The maximum atomic E-state index is 5.57. The van der Waals surface area contributed by atoms with Gasteiger partial charge in [0.1, 0.15) is 0 Å². The summed E-state index contributed by atoms with van der Waals surface area (Å²) < 4.78 is 9.41. The molecule has 0 unspecified atom stereocenters. The Labute approximate surface area is 471 Å². The van der Waals surface area contributed by atoms with Crippen LogP contribution in [0.1, 0.15) is 0 Å². The molecule has 17 aromatic rings. The van der Waals surface area contributed by atoms with Gasteiger partial charge in [-0.15, -0.1) is 0 Å². The molecule has 17 rings (SSSR count). The van der Waals surface area contributed by atoms with E-state index in [4.69, 9.17) is 9.97 Å². The SMILES string of the molecule is c1ccc(-c2cc(-c3cccc(-n4c5ccccc5c5cc(-c6ccc7c(c6)c6ccccc6n7-c6ccccc6)ccc54)c3)nc(-n3c4ccccc4c4ccc(-c5ccc6c(c5)c5ccccc5n6-c5ccccc5)cc43)n2)cc1. The normalized spacial score (nSPS) is 11.9. The van der Waals surface area contributed by atoms with E-state index < -0.39 is 0 Å². The highest BCUT2D eigenvalue weighted by Gasteiger charge is 2.21. The maximum Gasteiger partial charge on any atom is 0.235 e. The highest BCUT2D eigenvalue weighted by molar-refractivity contribution is 6.14. The van der Waals surface area contributed by atoms with Crippen molar-refractivity contribution in [3.8, 4) is 67.8 Å². The third-order valence-electron chi connectivity index (χ3n) is 16.8. The van der Waals surface area contributed by atoms with Crippen LogP contribution in [0.25, 0.3) is 155 Å². The Hall–Kier alpha value is -11.1. The van der Waals surface area contributed by atoms with Gasteiger partial charge in [-0.3, -0.25) is 4.57 Å². The molecule has 5 heterocycles. The fourth-order valence-electron chi connectivity index (χ4n) is 13.1. The zero-order chi connectivity index (χ0) is 53.8. The molecule has 0 saturated heterocycles. The predicted octanol–water partition coefficient (Wildman–Crippen LogP) is 19.5. The molecule has 82 heavy (non-hydrogen) atoms. The summed E-state index contributed by atoms with van der Waals surface area (Å²) in [7, 11) is 0. The summed E-state index contributed by atoms with van der Waals surface area (Å²) in [6, 6.07) is 105. The quantitative estimate of drug-likeness (QED) is 0.152. The molecule has 6 nitrogen and oxygen atoms in total. The first kappa shape index (κ1) is 45.9. The average molecular weight is 1050 g/mol. The molecule has 0 aliphatic rings. The number of rotatable bonds is 8. The van der Waals surface area contributed by atoms with E-state index in [1.807, 2.05) is 0 Å². The van der Waals surface area contributed by atoms with Crippen LogP contribution in [-0.2, 0) is 0 Å². The highest BCUT2D eigenvalue weighted by Crippen LogP contribution is 2.42. The van der Waals surface area contributed by atoms with Crippen LogP contribution in [-0.4, -0.2) is 28.2 Å². The summed E-state index contributed by atoms with van der Waals surface area (Å²) in [6.45, 7) is 0. The van der Waals surface area contributed by atoms with E-state index in [1.165, 1.54) is 65.5 Å². The fraction of sp³-hybridized carbons (Fsp3) is 0. The zero-order valence-electron chi connectivity index (χ0n) is 44.4. The van der Waals surface area contributed by atoms with Gasteiger partial charge in [0.15, 0.2) is 0 Å². The van der Waals surface area contributed by atoms with Gasteiger partial charge >= 0.3 is 0 Å². The number of para-hydroxylation sites is 6. The number of hydrogen-bond acceptors (Lipinski definition) is 2. The Balaban J connectivity index is 0.801. The van der Waals surface area contributed by atoms with Crippen molar-refractivity contribution in [1.29, 1.82) is 0 Å². The topological polar surface area (TPSA) is 45.5 Å². The smallest absolute Gasteiger partial charge is 0.235 e. The lowest BCUT2D eigenvalue weighted by Gasteiger charge is -2.14. The second-order valence-electron chi connectivity index (χ2n) is 21.4. The third-order valence-corrected chi connectivity index (χ3v) is 16.8. The van der Waals surface area contributed by atoms with Crippen LogP contribution in [0.2, 0.25) is 0 Å². The summed E-state index contributed by atoms with van der Waals surface area (Å²) in [5, 5.41) is 9.61. The molecule has 0 bridgehead atoms.